The number of allylic oxidation sites excluding steroid dienone is 1. The standard InChI is InChI=1S/C19H19N5O9S3.3Na/c1-3-4-12-5-6-13(9-17(12)36(29,30)31)22-18-20-11(2)21-19(24-18)23-15-10-14(34-33-32-25)7-8-16(15)35(26,27)28;;;/h3-10,25H,1-2H3,(H,26,27,28)(H,29,30,31)(H2,20,21,22,23,24);;;/q;3*+1/p-3. The van der Waals surface area contributed by atoms with E-state index in [1.54, 1.807) is 13.0 Å². The zero-order valence-corrected chi connectivity index (χ0v) is 29.8. The van der Waals surface area contributed by atoms with Crippen molar-refractivity contribution in [1.82, 2.24) is 15.0 Å². The normalized spacial score (nSPS) is 11.2. The van der Waals surface area contributed by atoms with Crippen molar-refractivity contribution in [3.05, 3.63) is 53.9 Å². The summed E-state index contributed by atoms with van der Waals surface area (Å²) >= 11 is 0.464. The number of hydrogen-bond donors (Lipinski definition) is 2. The molecule has 39 heavy (non-hydrogen) atoms. The first kappa shape index (κ1) is 38.8. The monoisotopic (exact) mass is 623 g/mol. The topological polar surface area (TPSA) is 219 Å². The molecule has 0 atom stereocenters. The van der Waals surface area contributed by atoms with Crippen LogP contribution in [0.2, 0.25) is 0 Å². The van der Waals surface area contributed by atoms with Crippen molar-refractivity contribution >= 4 is 61.6 Å². The van der Waals surface area contributed by atoms with Crippen LogP contribution in [0.15, 0.2) is 57.2 Å². The molecule has 0 amide bonds. The molecule has 0 bridgehead atoms. The zero-order chi connectivity index (χ0) is 26.5. The van der Waals surface area contributed by atoms with Crippen LogP contribution in [0.3, 0.4) is 0 Å². The van der Waals surface area contributed by atoms with Gasteiger partial charge in [0.1, 0.15) is 26.1 Å². The van der Waals surface area contributed by atoms with Gasteiger partial charge in [-0.25, -0.2) is 16.8 Å². The molecule has 0 radical (unpaired) electrons. The zero-order valence-electron chi connectivity index (χ0n) is 21.4. The van der Waals surface area contributed by atoms with Crippen molar-refractivity contribution in [2.45, 2.75) is 28.5 Å². The molecule has 0 spiro atoms. The van der Waals surface area contributed by atoms with Crippen molar-refractivity contribution in [1.29, 1.82) is 0 Å². The number of nitrogens with one attached hydrogen (secondary N) is 2. The number of aryl methyl sites for hydroxylation is 1. The Bertz CT molecular complexity index is 1530. The Hall–Kier alpha value is -0.160. The molecule has 2 N–H and O–H groups in total. The van der Waals surface area contributed by atoms with Gasteiger partial charge in [-0.05, 0) is 49.7 Å². The Balaban J connectivity index is 0.00000481. The molecule has 14 nitrogen and oxygen atoms in total. The van der Waals surface area contributed by atoms with Gasteiger partial charge in [-0.15, -0.1) is 0 Å². The second-order valence-electron chi connectivity index (χ2n) is 6.82. The number of nitrogens with zero attached hydrogens (tertiary/aromatic N) is 3. The molecule has 0 fully saturated rings. The van der Waals surface area contributed by atoms with Gasteiger partial charge in [0.25, 0.3) is 0 Å². The molecule has 0 saturated heterocycles. The van der Waals surface area contributed by atoms with Gasteiger partial charge in [0.15, 0.2) is 0 Å². The maximum Gasteiger partial charge on any atom is 1.00 e. The third-order valence-electron chi connectivity index (χ3n) is 4.26. The summed E-state index contributed by atoms with van der Waals surface area (Å²) in [4.78, 5) is 11.3. The fraction of sp³-hybridized carbons (Fsp3) is 0.105. The molecule has 1 heterocycles. The largest absolute Gasteiger partial charge is 1.00 e. The van der Waals surface area contributed by atoms with Gasteiger partial charge in [0.2, 0.25) is 11.9 Å². The van der Waals surface area contributed by atoms with Gasteiger partial charge in [0, 0.05) is 10.6 Å². The molecule has 0 saturated carbocycles. The van der Waals surface area contributed by atoms with Crippen LogP contribution in [-0.4, -0.2) is 40.9 Å². The SMILES string of the molecule is CC=Cc1ccc(Nc2nc(C)nc(Nc3cc(SOO[O-])ccc3S(=O)(=O)[O-])n2)cc1S(=O)(=O)[O-].[Na+].[Na+].[Na+]. The van der Waals surface area contributed by atoms with Crippen LogP contribution in [0, 0.1) is 6.92 Å². The van der Waals surface area contributed by atoms with E-state index >= 15 is 0 Å². The number of aromatic nitrogens is 3. The van der Waals surface area contributed by atoms with E-state index in [0.717, 1.165) is 12.1 Å². The van der Waals surface area contributed by atoms with Crippen molar-refractivity contribution in [2.24, 2.45) is 0 Å². The van der Waals surface area contributed by atoms with Crippen LogP contribution in [0.1, 0.15) is 18.3 Å². The fourth-order valence-electron chi connectivity index (χ4n) is 2.92. The predicted octanol–water partition coefficient (Wildman–Crippen LogP) is -7.25. The van der Waals surface area contributed by atoms with E-state index < -0.39 is 30.0 Å². The molecule has 3 rings (SSSR count). The van der Waals surface area contributed by atoms with E-state index in [9.17, 15) is 31.2 Å². The molecule has 3 aromatic rings. The maximum atomic E-state index is 11.7. The second-order valence-corrected chi connectivity index (χ2v) is 10.3. The van der Waals surface area contributed by atoms with Gasteiger partial charge < -0.3 is 25.0 Å². The molecular weight excluding hydrogens is 607 g/mol. The minimum atomic E-state index is -4.92. The van der Waals surface area contributed by atoms with Crippen LogP contribution >= 0.6 is 12.0 Å². The van der Waals surface area contributed by atoms with Gasteiger partial charge in [-0.1, -0.05) is 18.2 Å². The predicted molar refractivity (Wildman–Crippen MR) is 123 cm³/mol. The average Bonchev–Trinajstić information content (AvgIpc) is 2.77. The summed E-state index contributed by atoms with van der Waals surface area (Å²) in [5.74, 6) is -0.101. The van der Waals surface area contributed by atoms with Gasteiger partial charge in [0.05, 0.1) is 27.5 Å². The molecule has 20 heteroatoms. The van der Waals surface area contributed by atoms with Crippen molar-refractivity contribution in [3.8, 4) is 0 Å². The number of benzene rings is 2. The Morgan fingerprint density at radius 3 is 2.05 bits per heavy atom. The van der Waals surface area contributed by atoms with Gasteiger partial charge >= 0.3 is 88.7 Å². The first-order chi connectivity index (χ1) is 16.9. The van der Waals surface area contributed by atoms with E-state index in [1.165, 1.54) is 37.3 Å². The van der Waals surface area contributed by atoms with E-state index in [4.69, 9.17) is 0 Å². The summed E-state index contributed by atoms with van der Waals surface area (Å²) in [6, 6.07) is 7.42. The molecular formula is C19H16N5Na3O9S3. The molecule has 0 aliphatic carbocycles. The van der Waals surface area contributed by atoms with Crippen LogP contribution in [-0.2, 0) is 29.6 Å². The molecule has 0 aliphatic rings. The Morgan fingerprint density at radius 1 is 0.872 bits per heavy atom. The summed E-state index contributed by atoms with van der Waals surface area (Å²) in [6.45, 7) is 3.16. The van der Waals surface area contributed by atoms with Gasteiger partial charge in [-0.3, -0.25) is 5.04 Å². The summed E-state index contributed by atoms with van der Waals surface area (Å²) in [5, 5.41) is 18.7. The van der Waals surface area contributed by atoms with Crippen molar-refractivity contribution in [3.63, 3.8) is 0 Å². The van der Waals surface area contributed by atoms with Crippen LogP contribution < -0.4 is 105 Å². The molecule has 192 valence electrons. The smallest absolute Gasteiger partial charge is 0.744 e. The van der Waals surface area contributed by atoms with E-state index in [-0.39, 0.29) is 128 Å². The minimum absolute atomic E-state index is 0. The molecule has 0 unspecified atom stereocenters. The third-order valence-corrected chi connectivity index (χ3v) is 6.61. The second kappa shape index (κ2) is 17.1. The van der Waals surface area contributed by atoms with Gasteiger partial charge in [-0.2, -0.15) is 19.3 Å². The Morgan fingerprint density at radius 2 is 1.49 bits per heavy atom. The Labute approximate surface area is 295 Å². The quantitative estimate of drug-likeness (QED) is 0.0705. The fourth-order valence-corrected chi connectivity index (χ4v) is 4.62. The molecule has 1 aromatic heterocycles. The summed E-state index contributed by atoms with van der Waals surface area (Å²) in [6.07, 6.45) is 3.04. The summed E-state index contributed by atoms with van der Waals surface area (Å²) < 4.78 is 74.2. The van der Waals surface area contributed by atoms with E-state index in [1.807, 2.05) is 0 Å². The van der Waals surface area contributed by atoms with Crippen molar-refractivity contribution < 1.29 is 129 Å². The number of rotatable bonds is 10. The number of anilines is 4. The first-order valence-corrected chi connectivity index (χ1v) is 13.2. The average molecular weight is 624 g/mol. The van der Waals surface area contributed by atoms with Crippen LogP contribution in [0.25, 0.3) is 6.08 Å². The molecule has 2 aromatic carbocycles. The summed E-state index contributed by atoms with van der Waals surface area (Å²) in [5.41, 5.74) is 0.143. The third kappa shape index (κ3) is 11.6. The maximum absolute atomic E-state index is 11.7. The first-order valence-electron chi connectivity index (χ1n) is 9.63. The van der Waals surface area contributed by atoms with Crippen molar-refractivity contribution in [2.75, 3.05) is 10.6 Å². The summed E-state index contributed by atoms with van der Waals surface area (Å²) in [7, 11) is -9.71. The molecule has 0 aliphatic heterocycles. The number of hydrogen-bond acceptors (Lipinski definition) is 15. The minimum Gasteiger partial charge on any atom is -0.744 e. The van der Waals surface area contributed by atoms with E-state index in [2.05, 4.69) is 35.0 Å². The van der Waals surface area contributed by atoms with E-state index in [0.29, 0.717) is 12.0 Å². The Kier molecular flexibility index (Phi) is 17.0. The van der Waals surface area contributed by atoms with Crippen LogP contribution in [0.4, 0.5) is 23.3 Å². The van der Waals surface area contributed by atoms with Crippen LogP contribution in [0.5, 0.6) is 0 Å².